The maximum atomic E-state index is 4.69. The highest BCUT2D eigenvalue weighted by Gasteiger charge is 2.07. The lowest BCUT2D eigenvalue weighted by molar-refractivity contribution is 0.571. The Morgan fingerprint density at radius 2 is 1.80 bits per heavy atom. The van der Waals surface area contributed by atoms with Gasteiger partial charge < -0.3 is 5.32 Å². The molecule has 106 valence electrons. The summed E-state index contributed by atoms with van der Waals surface area (Å²) < 4.78 is 0. The Morgan fingerprint density at radius 3 is 2.45 bits per heavy atom. The fourth-order valence-corrected chi connectivity index (χ4v) is 2.24. The second-order valence-corrected chi connectivity index (χ2v) is 5.66. The Balaban J connectivity index is 2.36. The van der Waals surface area contributed by atoms with Gasteiger partial charge in [-0.05, 0) is 32.4 Å². The Bertz CT molecular complexity index is 603. The summed E-state index contributed by atoms with van der Waals surface area (Å²) in [5, 5.41) is 3.37. The van der Waals surface area contributed by atoms with Crippen molar-refractivity contribution in [3.63, 3.8) is 0 Å². The molecule has 0 saturated carbocycles. The molecule has 1 N–H and O–H groups in total. The summed E-state index contributed by atoms with van der Waals surface area (Å²) in [6, 6.07) is 8.96. The van der Waals surface area contributed by atoms with Gasteiger partial charge >= 0.3 is 0 Å². The number of hydrogen-bond acceptors (Lipinski definition) is 3. The molecule has 0 aliphatic rings. The molecule has 0 bridgehead atoms. The topological polar surface area (TPSA) is 37.8 Å². The van der Waals surface area contributed by atoms with Crippen molar-refractivity contribution in [2.24, 2.45) is 0 Å². The molecule has 2 aromatic rings. The van der Waals surface area contributed by atoms with E-state index in [-0.39, 0.29) is 0 Å². The predicted molar refractivity (Wildman–Crippen MR) is 83.7 cm³/mol. The monoisotopic (exact) mass is 269 g/mol. The van der Waals surface area contributed by atoms with E-state index in [1.165, 1.54) is 16.7 Å². The van der Waals surface area contributed by atoms with Crippen LogP contribution in [0.2, 0.25) is 0 Å². The highest BCUT2D eigenvalue weighted by atomic mass is 15.0. The summed E-state index contributed by atoms with van der Waals surface area (Å²) >= 11 is 0. The van der Waals surface area contributed by atoms with Crippen molar-refractivity contribution < 1.29 is 0 Å². The maximum Gasteiger partial charge on any atom is 0.143 e. The van der Waals surface area contributed by atoms with E-state index in [0.29, 0.717) is 12.6 Å². The summed E-state index contributed by atoms with van der Waals surface area (Å²) in [6.07, 6.45) is 0. The average Bonchev–Trinajstić information content (AvgIpc) is 2.35. The summed E-state index contributed by atoms with van der Waals surface area (Å²) in [7, 11) is 0. The van der Waals surface area contributed by atoms with Gasteiger partial charge in [-0.15, -0.1) is 0 Å². The van der Waals surface area contributed by atoms with Crippen LogP contribution in [0.4, 0.5) is 0 Å². The molecule has 0 saturated heterocycles. The van der Waals surface area contributed by atoms with Crippen molar-refractivity contribution in [3.05, 3.63) is 46.9 Å². The molecule has 0 aliphatic heterocycles. The van der Waals surface area contributed by atoms with Crippen LogP contribution >= 0.6 is 0 Å². The number of benzene rings is 1. The van der Waals surface area contributed by atoms with Crippen molar-refractivity contribution in [2.75, 3.05) is 0 Å². The first-order chi connectivity index (χ1) is 9.45. The SMILES string of the molecule is Cc1ccc(-c2cc(C)nc(CNC(C)C)n2)c(C)c1. The van der Waals surface area contributed by atoms with Crippen LogP contribution in [0.3, 0.4) is 0 Å². The van der Waals surface area contributed by atoms with E-state index in [4.69, 9.17) is 4.98 Å². The molecule has 2 rings (SSSR count). The lowest BCUT2D eigenvalue weighted by atomic mass is 10.0. The Morgan fingerprint density at radius 1 is 1.05 bits per heavy atom. The van der Waals surface area contributed by atoms with Crippen LogP contribution in [-0.2, 0) is 6.54 Å². The van der Waals surface area contributed by atoms with Gasteiger partial charge in [-0.1, -0.05) is 37.6 Å². The maximum absolute atomic E-state index is 4.69. The highest BCUT2D eigenvalue weighted by Crippen LogP contribution is 2.23. The number of nitrogens with one attached hydrogen (secondary N) is 1. The molecule has 0 amide bonds. The van der Waals surface area contributed by atoms with E-state index in [0.717, 1.165) is 17.2 Å². The second-order valence-electron chi connectivity index (χ2n) is 5.66. The predicted octanol–water partition coefficient (Wildman–Crippen LogP) is 3.57. The van der Waals surface area contributed by atoms with Crippen molar-refractivity contribution in [3.8, 4) is 11.3 Å². The molecular formula is C17H23N3. The first kappa shape index (κ1) is 14.7. The van der Waals surface area contributed by atoms with Crippen LogP contribution in [0.15, 0.2) is 24.3 Å². The van der Waals surface area contributed by atoms with E-state index in [9.17, 15) is 0 Å². The van der Waals surface area contributed by atoms with Crippen molar-refractivity contribution in [1.82, 2.24) is 15.3 Å². The Labute approximate surface area is 121 Å². The minimum Gasteiger partial charge on any atom is -0.308 e. The molecule has 0 unspecified atom stereocenters. The average molecular weight is 269 g/mol. The van der Waals surface area contributed by atoms with E-state index < -0.39 is 0 Å². The fourth-order valence-electron chi connectivity index (χ4n) is 2.24. The van der Waals surface area contributed by atoms with E-state index in [2.05, 4.69) is 62.3 Å². The summed E-state index contributed by atoms with van der Waals surface area (Å²) in [5.41, 5.74) is 5.74. The van der Waals surface area contributed by atoms with Gasteiger partial charge in [-0.3, -0.25) is 0 Å². The van der Waals surface area contributed by atoms with Crippen LogP contribution < -0.4 is 5.32 Å². The van der Waals surface area contributed by atoms with Gasteiger partial charge in [0.05, 0.1) is 12.2 Å². The quantitative estimate of drug-likeness (QED) is 0.922. The van der Waals surface area contributed by atoms with E-state index >= 15 is 0 Å². The van der Waals surface area contributed by atoms with Gasteiger partial charge in [-0.2, -0.15) is 0 Å². The second kappa shape index (κ2) is 6.14. The molecule has 0 radical (unpaired) electrons. The summed E-state index contributed by atoms with van der Waals surface area (Å²) in [5.74, 6) is 0.855. The van der Waals surface area contributed by atoms with Gasteiger partial charge in [-0.25, -0.2) is 9.97 Å². The van der Waals surface area contributed by atoms with Gasteiger partial charge in [0.15, 0.2) is 0 Å². The first-order valence-corrected chi connectivity index (χ1v) is 7.11. The number of hydrogen-bond donors (Lipinski definition) is 1. The summed E-state index contributed by atoms with van der Waals surface area (Å²) in [6.45, 7) is 11.2. The molecule has 1 aromatic carbocycles. The number of aryl methyl sites for hydroxylation is 3. The molecule has 1 heterocycles. The molecule has 0 spiro atoms. The van der Waals surface area contributed by atoms with E-state index in [1.54, 1.807) is 0 Å². The molecule has 0 atom stereocenters. The number of rotatable bonds is 4. The zero-order chi connectivity index (χ0) is 14.7. The van der Waals surface area contributed by atoms with Crippen LogP contribution in [0.25, 0.3) is 11.3 Å². The van der Waals surface area contributed by atoms with Gasteiger partial charge in [0.25, 0.3) is 0 Å². The minimum atomic E-state index is 0.434. The van der Waals surface area contributed by atoms with Crippen molar-refractivity contribution >= 4 is 0 Å². The number of nitrogens with zero attached hydrogens (tertiary/aromatic N) is 2. The molecule has 1 aromatic heterocycles. The third kappa shape index (κ3) is 3.64. The van der Waals surface area contributed by atoms with Crippen LogP contribution in [0, 0.1) is 20.8 Å². The molecule has 20 heavy (non-hydrogen) atoms. The third-order valence-electron chi connectivity index (χ3n) is 3.23. The van der Waals surface area contributed by atoms with Crippen LogP contribution in [0.1, 0.15) is 36.5 Å². The van der Waals surface area contributed by atoms with Crippen molar-refractivity contribution in [1.29, 1.82) is 0 Å². The van der Waals surface area contributed by atoms with E-state index in [1.807, 2.05) is 6.92 Å². The van der Waals surface area contributed by atoms with Crippen LogP contribution in [0.5, 0.6) is 0 Å². The summed E-state index contributed by atoms with van der Waals surface area (Å²) in [4.78, 5) is 9.20. The lowest BCUT2D eigenvalue weighted by Gasteiger charge is -2.11. The Kier molecular flexibility index (Phi) is 4.50. The zero-order valence-corrected chi connectivity index (χ0v) is 13.0. The zero-order valence-electron chi connectivity index (χ0n) is 13.0. The first-order valence-electron chi connectivity index (χ1n) is 7.11. The van der Waals surface area contributed by atoms with Gasteiger partial charge in [0.1, 0.15) is 5.82 Å². The third-order valence-corrected chi connectivity index (χ3v) is 3.23. The largest absolute Gasteiger partial charge is 0.308 e. The molecule has 3 heteroatoms. The highest BCUT2D eigenvalue weighted by molar-refractivity contribution is 5.64. The minimum absolute atomic E-state index is 0.434. The van der Waals surface area contributed by atoms with Crippen LogP contribution in [-0.4, -0.2) is 16.0 Å². The van der Waals surface area contributed by atoms with Gasteiger partial charge in [0, 0.05) is 17.3 Å². The molecular weight excluding hydrogens is 246 g/mol. The number of aromatic nitrogens is 2. The standard InChI is InChI=1S/C17H23N3/c1-11(2)18-10-17-19-14(5)9-16(20-17)15-7-6-12(3)8-13(15)4/h6-9,11,18H,10H2,1-5H3. The fraction of sp³-hybridized carbons (Fsp3) is 0.412. The molecule has 3 nitrogen and oxygen atoms in total. The van der Waals surface area contributed by atoms with Gasteiger partial charge in [0.2, 0.25) is 0 Å². The molecule has 0 fully saturated rings. The smallest absolute Gasteiger partial charge is 0.143 e. The normalized spacial score (nSPS) is 11.1. The Hall–Kier alpha value is -1.74. The molecule has 0 aliphatic carbocycles. The lowest BCUT2D eigenvalue weighted by Crippen LogP contribution is -2.23. The van der Waals surface area contributed by atoms with Crippen molar-refractivity contribution in [2.45, 2.75) is 47.2 Å².